The Labute approximate surface area is 103 Å². The van der Waals surface area contributed by atoms with Gasteiger partial charge in [-0.15, -0.1) is 0 Å². The highest BCUT2D eigenvalue weighted by atomic mass is 35.5. The molecule has 1 aromatic heterocycles. The minimum Gasteiger partial charge on any atom is -0.497 e. The molecule has 0 aliphatic heterocycles. The van der Waals surface area contributed by atoms with Crippen LogP contribution in [0.3, 0.4) is 0 Å². The molecule has 2 N–H and O–H groups in total. The molecule has 1 heterocycles. The molecule has 0 amide bonds. The first kappa shape index (κ1) is 11.6. The van der Waals surface area contributed by atoms with E-state index in [1.165, 1.54) is 7.11 Å². The smallest absolute Gasteiger partial charge is 0.222 e. The minimum absolute atomic E-state index is 0.217. The maximum absolute atomic E-state index is 6.15. The Morgan fingerprint density at radius 2 is 2.00 bits per heavy atom. The highest BCUT2D eigenvalue weighted by Gasteiger charge is 2.16. The molecule has 0 fully saturated rings. The van der Waals surface area contributed by atoms with Crippen molar-refractivity contribution < 1.29 is 14.0 Å². The summed E-state index contributed by atoms with van der Waals surface area (Å²) in [6.07, 6.45) is 0. The van der Waals surface area contributed by atoms with Crippen molar-refractivity contribution in [2.75, 3.05) is 20.0 Å². The fourth-order valence-electron chi connectivity index (χ4n) is 1.49. The van der Waals surface area contributed by atoms with Crippen molar-refractivity contribution in [2.24, 2.45) is 0 Å². The number of nitrogens with two attached hydrogens (primary N) is 1. The van der Waals surface area contributed by atoms with E-state index in [-0.39, 0.29) is 5.88 Å². The van der Waals surface area contributed by atoms with E-state index in [1.54, 1.807) is 25.3 Å². The van der Waals surface area contributed by atoms with Gasteiger partial charge in [0, 0.05) is 12.1 Å². The third kappa shape index (κ3) is 2.14. The highest BCUT2D eigenvalue weighted by molar-refractivity contribution is 6.33. The van der Waals surface area contributed by atoms with Crippen LogP contribution in [0.25, 0.3) is 11.3 Å². The van der Waals surface area contributed by atoms with Crippen molar-refractivity contribution in [1.29, 1.82) is 0 Å². The Morgan fingerprint density at radius 1 is 1.24 bits per heavy atom. The molecule has 1 aromatic carbocycles. The van der Waals surface area contributed by atoms with E-state index in [1.807, 2.05) is 0 Å². The Balaban J connectivity index is 2.60. The van der Waals surface area contributed by atoms with Crippen molar-refractivity contribution in [1.82, 2.24) is 5.16 Å². The van der Waals surface area contributed by atoms with Gasteiger partial charge < -0.3 is 19.7 Å². The van der Waals surface area contributed by atoms with Gasteiger partial charge in [-0.3, -0.25) is 0 Å². The third-order valence-corrected chi connectivity index (χ3v) is 2.57. The molecule has 6 heteroatoms. The standard InChI is InChI=1S/C11H11ClN2O3/c1-15-6-3-7(12)11(9(4-6)16-2)8-5-10(13)17-14-8/h3-5H,13H2,1-2H3. The monoisotopic (exact) mass is 254 g/mol. The maximum atomic E-state index is 6.15. The molecule has 0 unspecified atom stereocenters. The predicted molar refractivity (Wildman–Crippen MR) is 64.5 cm³/mol. The number of hydrogen-bond donors (Lipinski definition) is 1. The molecule has 0 saturated carbocycles. The van der Waals surface area contributed by atoms with E-state index < -0.39 is 0 Å². The third-order valence-electron chi connectivity index (χ3n) is 2.27. The summed E-state index contributed by atoms with van der Waals surface area (Å²) in [6, 6.07) is 4.96. The molecule has 0 radical (unpaired) electrons. The van der Waals surface area contributed by atoms with Crippen LogP contribution in [0.2, 0.25) is 5.02 Å². The summed E-state index contributed by atoms with van der Waals surface area (Å²) < 4.78 is 15.2. The molecule has 2 rings (SSSR count). The van der Waals surface area contributed by atoms with E-state index in [2.05, 4.69) is 5.16 Å². The van der Waals surface area contributed by atoms with E-state index in [0.717, 1.165) is 0 Å². The normalized spacial score (nSPS) is 10.3. The lowest BCUT2D eigenvalue weighted by atomic mass is 10.1. The first-order valence-electron chi connectivity index (χ1n) is 4.79. The van der Waals surface area contributed by atoms with Crippen molar-refractivity contribution in [3.63, 3.8) is 0 Å². The Morgan fingerprint density at radius 3 is 2.53 bits per heavy atom. The number of ether oxygens (including phenoxy) is 2. The summed E-state index contributed by atoms with van der Waals surface area (Å²) >= 11 is 6.15. The van der Waals surface area contributed by atoms with Crippen LogP contribution < -0.4 is 15.2 Å². The molecular formula is C11H11ClN2O3. The second-order valence-corrected chi connectivity index (χ2v) is 3.71. The van der Waals surface area contributed by atoms with Gasteiger partial charge in [-0.2, -0.15) is 0 Å². The summed E-state index contributed by atoms with van der Waals surface area (Å²) in [6.45, 7) is 0. The van der Waals surface area contributed by atoms with Crippen LogP contribution in [0, 0.1) is 0 Å². The number of rotatable bonds is 3. The van der Waals surface area contributed by atoms with Gasteiger partial charge in [0.2, 0.25) is 5.88 Å². The number of halogens is 1. The number of benzene rings is 1. The molecular weight excluding hydrogens is 244 g/mol. The van der Waals surface area contributed by atoms with Gasteiger partial charge in [-0.25, -0.2) is 0 Å². The van der Waals surface area contributed by atoms with Gasteiger partial charge in [-0.05, 0) is 6.07 Å². The Kier molecular flexibility index (Phi) is 3.10. The first-order valence-corrected chi connectivity index (χ1v) is 5.17. The fourth-order valence-corrected chi connectivity index (χ4v) is 1.79. The summed E-state index contributed by atoms with van der Waals surface area (Å²) in [5, 5.41) is 4.26. The Bertz CT molecular complexity index is 540. The maximum Gasteiger partial charge on any atom is 0.222 e. The lowest BCUT2D eigenvalue weighted by Gasteiger charge is -2.10. The predicted octanol–water partition coefficient (Wildman–Crippen LogP) is 2.59. The molecule has 2 aromatic rings. The Hall–Kier alpha value is -1.88. The van der Waals surface area contributed by atoms with Gasteiger partial charge in [-0.1, -0.05) is 16.8 Å². The van der Waals surface area contributed by atoms with Gasteiger partial charge in [0.1, 0.15) is 17.2 Å². The van der Waals surface area contributed by atoms with Crippen LogP contribution >= 0.6 is 11.6 Å². The second-order valence-electron chi connectivity index (χ2n) is 3.30. The highest BCUT2D eigenvalue weighted by Crippen LogP contribution is 2.39. The van der Waals surface area contributed by atoms with E-state index >= 15 is 0 Å². The molecule has 0 bridgehead atoms. The summed E-state index contributed by atoms with van der Waals surface area (Å²) in [5.74, 6) is 1.36. The summed E-state index contributed by atoms with van der Waals surface area (Å²) in [5.41, 5.74) is 6.62. The van der Waals surface area contributed by atoms with E-state index in [0.29, 0.717) is 27.8 Å². The number of nitrogens with zero attached hydrogens (tertiary/aromatic N) is 1. The van der Waals surface area contributed by atoms with Gasteiger partial charge in [0.25, 0.3) is 0 Å². The van der Waals surface area contributed by atoms with Gasteiger partial charge in [0.05, 0.1) is 24.8 Å². The number of aromatic nitrogens is 1. The molecule has 0 atom stereocenters. The first-order chi connectivity index (χ1) is 8.15. The topological polar surface area (TPSA) is 70.5 Å². The average molecular weight is 255 g/mol. The SMILES string of the molecule is COc1cc(Cl)c(-c2cc(N)on2)c(OC)c1. The minimum atomic E-state index is 0.217. The van der Waals surface area contributed by atoms with Crippen molar-refractivity contribution >= 4 is 17.5 Å². The molecule has 5 nitrogen and oxygen atoms in total. The average Bonchev–Trinajstić information content (AvgIpc) is 2.74. The van der Waals surface area contributed by atoms with Crippen LogP contribution in [0.1, 0.15) is 0 Å². The molecule has 0 aliphatic carbocycles. The summed E-state index contributed by atoms with van der Waals surface area (Å²) in [4.78, 5) is 0. The molecule has 0 spiro atoms. The van der Waals surface area contributed by atoms with Crippen molar-refractivity contribution in [3.8, 4) is 22.8 Å². The van der Waals surface area contributed by atoms with Crippen LogP contribution in [-0.2, 0) is 0 Å². The fraction of sp³-hybridized carbons (Fsp3) is 0.182. The molecule has 17 heavy (non-hydrogen) atoms. The van der Waals surface area contributed by atoms with Crippen LogP contribution in [0.15, 0.2) is 22.7 Å². The van der Waals surface area contributed by atoms with Crippen LogP contribution in [-0.4, -0.2) is 19.4 Å². The number of nitrogen functional groups attached to an aromatic ring is 1. The zero-order chi connectivity index (χ0) is 12.4. The lowest BCUT2D eigenvalue weighted by molar-refractivity contribution is 0.394. The second kappa shape index (κ2) is 4.55. The molecule has 90 valence electrons. The number of methoxy groups -OCH3 is 2. The van der Waals surface area contributed by atoms with Crippen molar-refractivity contribution in [3.05, 3.63) is 23.2 Å². The van der Waals surface area contributed by atoms with E-state index in [4.69, 9.17) is 31.3 Å². The number of hydrogen-bond acceptors (Lipinski definition) is 5. The van der Waals surface area contributed by atoms with Gasteiger partial charge in [0.15, 0.2) is 0 Å². The zero-order valence-electron chi connectivity index (χ0n) is 9.36. The zero-order valence-corrected chi connectivity index (χ0v) is 10.1. The van der Waals surface area contributed by atoms with Crippen LogP contribution in [0.5, 0.6) is 11.5 Å². The summed E-state index contributed by atoms with van der Waals surface area (Å²) in [7, 11) is 3.09. The van der Waals surface area contributed by atoms with E-state index in [9.17, 15) is 0 Å². The van der Waals surface area contributed by atoms with Gasteiger partial charge >= 0.3 is 0 Å². The molecule has 0 aliphatic rings. The van der Waals surface area contributed by atoms with Crippen molar-refractivity contribution in [2.45, 2.75) is 0 Å². The number of anilines is 1. The quantitative estimate of drug-likeness (QED) is 0.912. The molecule has 0 saturated heterocycles. The largest absolute Gasteiger partial charge is 0.497 e. The van der Waals surface area contributed by atoms with Crippen LogP contribution in [0.4, 0.5) is 5.88 Å². The lowest BCUT2D eigenvalue weighted by Crippen LogP contribution is -1.92.